The Hall–Kier alpha value is -3.62. The lowest BCUT2D eigenvalue weighted by Crippen LogP contribution is -2.29. The van der Waals surface area contributed by atoms with Crippen molar-refractivity contribution in [2.45, 2.75) is 26.1 Å². The predicted octanol–water partition coefficient (Wildman–Crippen LogP) is 4.25. The van der Waals surface area contributed by atoms with E-state index in [1.54, 1.807) is 24.3 Å². The molecule has 0 radical (unpaired) electrons. The molecule has 0 fully saturated rings. The molecular formula is C21H19F3N2O4. The van der Waals surface area contributed by atoms with Gasteiger partial charge in [0.2, 0.25) is 5.91 Å². The van der Waals surface area contributed by atoms with Crippen LogP contribution in [0.4, 0.5) is 24.5 Å². The maximum absolute atomic E-state index is 12.7. The standard InChI is InChI=1S/C21H19F3N2O4/c1-13(20(29)26-18-9-7-17(8-10-18)25-14(2)27)30-19(28)11-6-15-4-3-5-16(12-15)21(22,23)24/h3-13H,1-2H3,(H,25,27)(H,26,29)/b11-6+. The number of nitrogens with one attached hydrogen (secondary N) is 2. The summed E-state index contributed by atoms with van der Waals surface area (Å²) in [6.07, 6.45) is -3.51. The molecule has 0 saturated heterocycles. The van der Waals surface area contributed by atoms with Gasteiger partial charge in [-0.25, -0.2) is 4.79 Å². The molecule has 0 bridgehead atoms. The van der Waals surface area contributed by atoms with E-state index >= 15 is 0 Å². The van der Waals surface area contributed by atoms with Crippen molar-refractivity contribution >= 4 is 35.2 Å². The molecule has 0 spiro atoms. The Morgan fingerprint density at radius 3 is 2.17 bits per heavy atom. The Morgan fingerprint density at radius 2 is 1.60 bits per heavy atom. The van der Waals surface area contributed by atoms with Crippen LogP contribution in [0.15, 0.2) is 54.6 Å². The number of hydrogen-bond donors (Lipinski definition) is 2. The minimum atomic E-state index is -4.49. The number of esters is 1. The molecule has 0 aliphatic rings. The third kappa shape index (κ3) is 7.08. The van der Waals surface area contributed by atoms with Crippen LogP contribution in [0, 0.1) is 0 Å². The third-order valence-corrected chi connectivity index (χ3v) is 3.76. The Labute approximate surface area is 170 Å². The smallest absolute Gasteiger partial charge is 0.416 e. The van der Waals surface area contributed by atoms with E-state index in [9.17, 15) is 27.6 Å². The highest BCUT2D eigenvalue weighted by Gasteiger charge is 2.30. The molecule has 158 valence electrons. The van der Waals surface area contributed by atoms with E-state index in [1.807, 2.05) is 0 Å². The lowest BCUT2D eigenvalue weighted by molar-refractivity contribution is -0.148. The summed E-state index contributed by atoms with van der Waals surface area (Å²) in [6, 6.07) is 10.7. The number of carbonyl (C=O) groups is 3. The highest BCUT2D eigenvalue weighted by Crippen LogP contribution is 2.29. The zero-order valence-electron chi connectivity index (χ0n) is 16.1. The normalized spacial score (nSPS) is 12.3. The molecule has 0 aromatic heterocycles. The molecule has 2 rings (SSSR count). The summed E-state index contributed by atoms with van der Waals surface area (Å²) in [5.41, 5.74) is 0.310. The van der Waals surface area contributed by atoms with E-state index in [1.165, 1.54) is 32.1 Å². The van der Waals surface area contributed by atoms with Crippen molar-refractivity contribution in [3.8, 4) is 0 Å². The number of carbonyl (C=O) groups excluding carboxylic acids is 3. The van der Waals surface area contributed by atoms with Crippen LogP contribution in [0.3, 0.4) is 0 Å². The average Bonchev–Trinajstić information content (AvgIpc) is 2.67. The molecule has 0 aliphatic carbocycles. The van der Waals surface area contributed by atoms with Gasteiger partial charge in [-0.05, 0) is 55.0 Å². The van der Waals surface area contributed by atoms with Crippen LogP contribution < -0.4 is 10.6 Å². The second-order valence-corrected chi connectivity index (χ2v) is 6.28. The number of benzene rings is 2. The molecule has 1 atom stereocenters. The van der Waals surface area contributed by atoms with Gasteiger partial charge in [-0.3, -0.25) is 9.59 Å². The molecule has 0 saturated carbocycles. The average molecular weight is 420 g/mol. The monoisotopic (exact) mass is 420 g/mol. The van der Waals surface area contributed by atoms with Crippen molar-refractivity contribution in [2.75, 3.05) is 10.6 Å². The van der Waals surface area contributed by atoms with Gasteiger partial charge in [-0.2, -0.15) is 13.2 Å². The van der Waals surface area contributed by atoms with Crippen LogP contribution in [0.2, 0.25) is 0 Å². The van der Waals surface area contributed by atoms with Gasteiger partial charge in [0, 0.05) is 24.4 Å². The van der Waals surface area contributed by atoms with E-state index in [4.69, 9.17) is 4.74 Å². The minimum Gasteiger partial charge on any atom is -0.449 e. The van der Waals surface area contributed by atoms with Gasteiger partial charge in [0.25, 0.3) is 5.91 Å². The molecule has 1 unspecified atom stereocenters. The van der Waals surface area contributed by atoms with Crippen molar-refractivity contribution in [1.82, 2.24) is 0 Å². The van der Waals surface area contributed by atoms with Gasteiger partial charge >= 0.3 is 12.1 Å². The third-order valence-electron chi connectivity index (χ3n) is 3.76. The van der Waals surface area contributed by atoms with Crippen molar-refractivity contribution < 1.29 is 32.3 Å². The highest BCUT2D eigenvalue weighted by molar-refractivity contribution is 5.97. The van der Waals surface area contributed by atoms with E-state index in [-0.39, 0.29) is 11.5 Å². The number of alkyl halides is 3. The van der Waals surface area contributed by atoms with Gasteiger partial charge in [0.15, 0.2) is 6.10 Å². The first kappa shape index (κ1) is 22.7. The van der Waals surface area contributed by atoms with Crippen LogP contribution in [0.1, 0.15) is 25.0 Å². The lowest BCUT2D eigenvalue weighted by Gasteiger charge is -2.13. The topological polar surface area (TPSA) is 84.5 Å². The summed E-state index contributed by atoms with van der Waals surface area (Å²) < 4.78 is 43.1. The fourth-order valence-electron chi connectivity index (χ4n) is 2.33. The maximum atomic E-state index is 12.7. The second kappa shape index (κ2) is 9.73. The van der Waals surface area contributed by atoms with Crippen molar-refractivity contribution in [2.24, 2.45) is 0 Å². The van der Waals surface area contributed by atoms with Gasteiger partial charge < -0.3 is 15.4 Å². The van der Waals surface area contributed by atoms with Crippen LogP contribution >= 0.6 is 0 Å². The molecule has 0 heterocycles. The minimum absolute atomic E-state index is 0.165. The van der Waals surface area contributed by atoms with Crippen LogP contribution in [0.5, 0.6) is 0 Å². The molecule has 9 heteroatoms. The van der Waals surface area contributed by atoms with E-state index in [2.05, 4.69) is 10.6 Å². The maximum Gasteiger partial charge on any atom is 0.416 e. The van der Waals surface area contributed by atoms with E-state index in [0.29, 0.717) is 11.4 Å². The summed E-state index contributed by atoms with van der Waals surface area (Å²) in [4.78, 5) is 35.0. The predicted molar refractivity (Wildman–Crippen MR) is 105 cm³/mol. The summed E-state index contributed by atoms with van der Waals surface area (Å²) >= 11 is 0. The fourth-order valence-corrected chi connectivity index (χ4v) is 2.33. The van der Waals surface area contributed by atoms with Crippen molar-refractivity contribution in [3.63, 3.8) is 0 Å². The SMILES string of the molecule is CC(=O)Nc1ccc(NC(=O)C(C)OC(=O)/C=C/c2cccc(C(F)(F)F)c2)cc1. The number of halogens is 3. The summed E-state index contributed by atoms with van der Waals surface area (Å²) in [6.45, 7) is 2.73. The van der Waals surface area contributed by atoms with E-state index in [0.717, 1.165) is 18.2 Å². The van der Waals surface area contributed by atoms with Crippen molar-refractivity contribution in [3.05, 3.63) is 65.7 Å². The first-order valence-corrected chi connectivity index (χ1v) is 8.79. The molecule has 2 aromatic carbocycles. The molecule has 2 aromatic rings. The van der Waals surface area contributed by atoms with Gasteiger partial charge in [0.1, 0.15) is 0 Å². The van der Waals surface area contributed by atoms with Gasteiger partial charge in [-0.15, -0.1) is 0 Å². The number of ether oxygens (including phenoxy) is 1. The summed E-state index contributed by atoms with van der Waals surface area (Å²) in [5, 5.41) is 5.13. The number of amides is 2. The largest absolute Gasteiger partial charge is 0.449 e. The summed E-state index contributed by atoms with van der Waals surface area (Å²) in [7, 11) is 0. The number of anilines is 2. The molecule has 0 aliphatic heterocycles. The zero-order chi connectivity index (χ0) is 22.3. The fraction of sp³-hybridized carbons (Fsp3) is 0.190. The Balaban J connectivity index is 1.91. The van der Waals surface area contributed by atoms with Crippen LogP contribution in [-0.2, 0) is 25.3 Å². The molecular weight excluding hydrogens is 401 g/mol. The molecule has 2 amide bonds. The van der Waals surface area contributed by atoms with Gasteiger partial charge in [0.05, 0.1) is 5.56 Å². The van der Waals surface area contributed by atoms with Crippen LogP contribution in [0.25, 0.3) is 6.08 Å². The first-order chi connectivity index (χ1) is 14.0. The molecule has 30 heavy (non-hydrogen) atoms. The molecule has 2 N–H and O–H groups in total. The zero-order valence-corrected chi connectivity index (χ0v) is 16.1. The summed E-state index contributed by atoms with van der Waals surface area (Å²) in [5.74, 6) is -1.70. The van der Waals surface area contributed by atoms with Crippen LogP contribution in [-0.4, -0.2) is 23.9 Å². The Bertz CT molecular complexity index is 953. The Morgan fingerprint density at radius 1 is 1.00 bits per heavy atom. The lowest BCUT2D eigenvalue weighted by atomic mass is 10.1. The van der Waals surface area contributed by atoms with Crippen molar-refractivity contribution in [1.29, 1.82) is 0 Å². The quantitative estimate of drug-likeness (QED) is 0.541. The Kier molecular flexibility index (Phi) is 7.35. The second-order valence-electron chi connectivity index (χ2n) is 6.28. The highest BCUT2D eigenvalue weighted by atomic mass is 19.4. The van der Waals surface area contributed by atoms with Gasteiger partial charge in [-0.1, -0.05) is 12.1 Å². The number of hydrogen-bond acceptors (Lipinski definition) is 4. The molecule has 6 nitrogen and oxygen atoms in total. The first-order valence-electron chi connectivity index (χ1n) is 8.79. The van der Waals surface area contributed by atoms with E-state index < -0.39 is 29.7 Å². The number of rotatable bonds is 6.